The average Bonchev–Trinajstić information content (AvgIpc) is 2.64. The molecule has 14 heavy (non-hydrogen) atoms. The van der Waals surface area contributed by atoms with Crippen molar-refractivity contribution in [3.63, 3.8) is 0 Å². The van der Waals surface area contributed by atoms with Crippen LogP contribution < -0.4 is 5.32 Å². The van der Waals surface area contributed by atoms with Crippen molar-refractivity contribution in [3.05, 3.63) is 42.0 Å². The first-order valence-corrected chi connectivity index (χ1v) is 4.28. The van der Waals surface area contributed by atoms with Gasteiger partial charge in [0.1, 0.15) is 5.82 Å². The molecule has 0 aliphatic carbocycles. The van der Waals surface area contributed by atoms with E-state index in [0.717, 1.165) is 0 Å². The van der Waals surface area contributed by atoms with E-state index < -0.39 is 0 Å². The van der Waals surface area contributed by atoms with Gasteiger partial charge in [0.05, 0.1) is 0 Å². The summed E-state index contributed by atoms with van der Waals surface area (Å²) in [6.45, 7) is 1.73. The van der Waals surface area contributed by atoms with Crippen LogP contribution in [0.1, 0.15) is 5.56 Å². The van der Waals surface area contributed by atoms with Crippen molar-refractivity contribution in [1.82, 2.24) is 9.97 Å². The Morgan fingerprint density at radius 3 is 2.93 bits per heavy atom. The highest BCUT2D eigenvalue weighted by Gasteiger charge is 2.00. The molecule has 0 aliphatic rings. The maximum absolute atomic E-state index is 13.1. The molecule has 2 N–H and O–H groups in total. The SMILES string of the molecule is Cc1ccc(Nc2ncc[nH]2)cc1F. The third-order valence-corrected chi connectivity index (χ3v) is 1.93. The number of halogens is 1. The Morgan fingerprint density at radius 1 is 1.43 bits per heavy atom. The summed E-state index contributed by atoms with van der Waals surface area (Å²) in [6.07, 6.45) is 3.33. The smallest absolute Gasteiger partial charge is 0.204 e. The Morgan fingerprint density at radius 2 is 2.29 bits per heavy atom. The minimum atomic E-state index is -0.221. The Hall–Kier alpha value is -1.84. The molecular formula is C10H10FN3. The van der Waals surface area contributed by atoms with Gasteiger partial charge in [-0.25, -0.2) is 9.37 Å². The van der Waals surface area contributed by atoms with Crippen LogP contribution in [-0.2, 0) is 0 Å². The molecule has 0 saturated carbocycles. The van der Waals surface area contributed by atoms with Gasteiger partial charge in [-0.15, -0.1) is 0 Å². The van der Waals surface area contributed by atoms with Gasteiger partial charge < -0.3 is 10.3 Å². The number of hydrogen-bond donors (Lipinski definition) is 2. The van der Waals surface area contributed by atoms with Crippen molar-refractivity contribution >= 4 is 11.6 Å². The zero-order chi connectivity index (χ0) is 9.97. The molecule has 0 unspecified atom stereocenters. The Labute approximate surface area is 81.0 Å². The lowest BCUT2D eigenvalue weighted by Gasteiger charge is -2.03. The number of anilines is 2. The normalized spacial score (nSPS) is 10.1. The molecule has 0 radical (unpaired) electrons. The molecule has 72 valence electrons. The number of benzene rings is 1. The third-order valence-electron chi connectivity index (χ3n) is 1.93. The van der Waals surface area contributed by atoms with Crippen LogP contribution in [0.5, 0.6) is 0 Å². The summed E-state index contributed by atoms with van der Waals surface area (Å²) in [6, 6.07) is 4.97. The maximum atomic E-state index is 13.1. The van der Waals surface area contributed by atoms with E-state index in [0.29, 0.717) is 17.2 Å². The lowest BCUT2D eigenvalue weighted by atomic mass is 10.2. The number of aromatic nitrogens is 2. The summed E-state index contributed by atoms with van der Waals surface area (Å²) < 4.78 is 13.1. The van der Waals surface area contributed by atoms with Crippen LogP contribution in [0.4, 0.5) is 16.0 Å². The number of H-pyrrole nitrogens is 1. The van der Waals surface area contributed by atoms with E-state index in [1.807, 2.05) is 0 Å². The van der Waals surface area contributed by atoms with Gasteiger partial charge in [-0.2, -0.15) is 0 Å². The molecule has 4 heteroatoms. The van der Waals surface area contributed by atoms with Gasteiger partial charge in [-0.1, -0.05) is 6.07 Å². The number of nitrogens with one attached hydrogen (secondary N) is 2. The van der Waals surface area contributed by atoms with Crippen molar-refractivity contribution in [1.29, 1.82) is 0 Å². The van der Waals surface area contributed by atoms with Gasteiger partial charge in [-0.05, 0) is 24.6 Å². The minimum absolute atomic E-state index is 0.221. The zero-order valence-electron chi connectivity index (χ0n) is 7.71. The van der Waals surface area contributed by atoms with Crippen molar-refractivity contribution in [3.8, 4) is 0 Å². The predicted molar refractivity (Wildman–Crippen MR) is 53.0 cm³/mol. The standard InChI is InChI=1S/C10H10FN3/c1-7-2-3-8(6-9(7)11)14-10-12-4-5-13-10/h2-6H,1H3,(H2,12,13,14). The molecule has 0 spiro atoms. The van der Waals surface area contributed by atoms with Gasteiger partial charge in [0, 0.05) is 18.1 Å². The molecule has 3 nitrogen and oxygen atoms in total. The van der Waals surface area contributed by atoms with Crippen molar-refractivity contribution in [2.45, 2.75) is 6.92 Å². The third kappa shape index (κ3) is 1.74. The fourth-order valence-corrected chi connectivity index (χ4v) is 1.14. The van der Waals surface area contributed by atoms with Crippen LogP contribution >= 0.6 is 0 Å². The van der Waals surface area contributed by atoms with Gasteiger partial charge in [0.25, 0.3) is 0 Å². The molecule has 2 aromatic rings. The molecule has 0 saturated heterocycles. The lowest BCUT2D eigenvalue weighted by Crippen LogP contribution is -1.93. The summed E-state index contributed by atoms with van der Waals surface area (Å²) in [7, 11) is 0. The Kier molecular flexibility index (Phi) is 2.18. The topological polar surface area (TPSA) is 40.7 Å². The van der Waals surface area contributed by atoms with Gasteiger partial charge in [0.15, 0.2) is 0 Å². The fourth-order valence-electron chi connectivity index (χ4n) is 1.14. The molecule has 0 aliphatic heterocycles. The molecule has 2 rings (SSSR count). The van der Waals surface area contributed by atoms with E-state index in [9.17, 15) is 4.39 Å². The summed E-state index contributed by atoms with van der Waals surface area (Å²) in [5.41, 5.74) is 1.32. The van der Waals surface area contributed by atoms with Gasteiger partial charge >= 0.3 is 0 Å². The fraction of sp³-hybridized carbons (Fsp3) is 0.100. The van der Waals surface area contributed by atoms with Crippen LogP contribution in [0.3, 0.4) is 0 Å². The second-order valence-corrected chi connectivity index (χ2v) is 3.03. The Bertz CT molecular complexity index is 423. The molecule has 0 amide bonds. The van der Waals surface area contributed by atoms with Gasteiger partial charge in [0.2, 0.25) is 5.95 Å². The van der Waals surface area contributed by atoms with E-state index in [4.69, 9.17) is 0 Å². The van der Waals surface area contributed by atoms with Crippen LogP contribution in [0, 0.1) is 12.7 Å². The van der Waals surface area contributed by atoms with E-state index in [1.54, 1.807) is 31.5 Å². The number of nitrogens with zero attached hydrogens (tertiary/aromatic N) is 1. The molecule has 0 fully saturated rings. The largest absolute Gasteiger partial charge is 0.331 e. The quantitative estimate of drug-likeness (QED) is 0.766. The molecule has 1 aromatic carbocycles. The summed E-state index contributed by atoms with van der Waals surface area (Å²) in [4.78, 5) is 6.85. The van der Waals surface area contributed by atoms with Crippen LogP contribution in [-0.4, -0.2) is 9.97 Å². The molecule has 1 aromatic heterocycles. The van der Waals surface area contributed by atoms with Gasteiger partial charge in [-0.3, -0.25) is 0 Å². The second-order valence-electron chi connectivity index (χ2n) is 3.03. The molecule has 1 heterocycles. The number of aryl methyl sites for hydroxylation is 1. The molecule has 0 atom stereocenters. The first kappa shape index (κ1) is 8.74. The summed E-state index contributed by atoms with van der Waals surface area (Å²) in [5, 5.41) is 2.95. The molecule has 0 bridgehead atoms. The first-order chi connectivity index (χ1) is 6.75. The number of imidazole rings is 1. The highest BCUT2D eigenvalue weighted by Crippen LogP contribution is 2.16. The second kappa shape index (κ2) is 3.49. The number of rotatable bonds is 2. The highest BCUT2D eigenvalue weighted by atomic mass is 19.1. The number of hydrogen-bond acceptors (Lipinski definition) is 2. The minimum Gasteiger partial charge on any atom is -0.331 e. The van der Waals surface area contributed by atoms with Crippen molar-refractivity contribution in [2.75, 3.05) is 5.32 Å². The maximum Gasteiger partial charge on any atom is 0.204 e. The Balaban J connectivity index is 2.22. The average molecular weight is 191 g/mol. The zero-order valence-corrected chi connectivity index (χ0v) is 7.71. The highest BCUT2D eigenvalue weighted by molar-refractivity contribution is 5.53. The lowest BCUT2D eigenvalue weighted by molar-refractivity contribution is 0.619. The predicted octanol–water partition coefficient (Wildman–Crippen LogP) is 2.60. The van der Waals surface area contributed by atoms with E-state index in [-0.39, 0.29) is 5.82 Å². The molecular weight excluding hydrogens is 181 g/mol. The van der Waals surface area contributed by atoms with E-state index in [1.165, 1.54) is 6.07 Å². The monoisotopic (exact) mass is 191 g/mol. The van der Waals surface area contributed by atoms with Crippen LogP contribution in [0.2, 0.25) is 0 Å². The summed E-state index contributed by atoms with van der Waals surface area (Å²) in [5.74, 6) is 0.384. The van der Waals surface area contributed by atoms with Crippen molar-refractivity contribution in [2.24, 2.45) is 0 Å². The van der Waals surface area contributed by atoms with Crippen LogP contribution in [0.15, 0.2) is 30.6 Å². The first-order valence-electron chi connectivity index (χ1n) is 4.28. The van der Waals surface area contributed by atoms with Crippen LogP contribution in [0.25, 0.3) is 0 Å². The van der Waals surface area contributed by atoms with E-state index in [2.05, 4.69) is 15.3 Å². The summed E-state index contributed by atoms with van der Waals surface area (Å²) >= 11 is 0. The van der Waals surface area contributed by atoms with E-state index >= 15 is 0 Å². The van der Waals surface area contributed by atoms with Crippen molar-refractivity contribution < 1.29 is 4.39 Å². The number of aromatic amines is 1.